The van der Waals surface area contributed by atoms with Gasteiger partial charge in [-0.1, -0.05) is 37.3 Å². The summed E-state index contributed by atoms with van der Waals surface area (Å²) in [5.41, 5.74) is 2.96. The zero-order valence-electron chi connectivity index (χ0n) is 17.5. The predicted octanol–water partition coefficient (Wildman–Crippen LogP) is 5.24. The molecule has 0 bridgehead atoms. The molecule has 0 saturated carbocycles. The lowest BCUT2D eigenvalue weighted by Crippen LogP contribution is -2.26. The summed E-state index contributed by atoms with van der Waals surface area (Å²) >= 11 is 0. The van der Waals surface area contributed by atoms with Crippen molar-refractivity contribution >= 4 is 17.5 Å². The first kappa shape index (κ1) is 22.0. The highest BCUT2D eigenvalue weighted by atomic mass is 19.1. The van der Waals surface area contributed by atoms with E-state index in [1.165, 1.54) is 12.1 Å². The maximum absolute atomic E-state index is 13.0. The lowest BCUT2D eigenvalue weighted by molar-refractivity contribution is -0.115. The summed E-state index contributed by atoms with van der Waals surface area (Å²) in [6, 6.07) is 20.2. The number of benzene rings is 3. The Labute approximate surface area is 181 Å². The average Bonchev–Trinajstić information content (AvgIpc) is 2.79. The Morgan fingerprint density at radius 3 is 2.39 bits per heavy atom. The van der Waals surface area contributed by atoms with Gasteiger partial charge in [-0.3, -0.25) is 9.59 Å². The highest BCUT2D eigenvalue weighted by Gasteiger charge is 2.12. The molecule has 6 heteroatoms. The molecule has 0 aliphatic carbocycles. The fourth-order valence-electron chi connectivity index (χ4n) is 2.94. The van der Waals surface area contributed by atoms with Gasteiger partial charge < -0.3 is 15.4 Å². The zero-order chi connectivity index (χ0) is 22.2. The minimum atomic E-state index is -0.295. The van der Waals surface area contributed by atoms with Crippen LogP contribution in [0, 0.1) is 5.82 Å². The van der Waals surface area contributed by atoms with Crippen LogP contribution in [0.2, 0.25) is 0 Å². The SMILES string of the molecule is CCC(=O)Nc1ccc(C(C)NC(=O)c2cccc(OCc3ccc(F)cc3)c2)cc1. The maximum Gasteiger partial charge on any atom is 0.251 e. The fourth-order valence-corrected chi connectivity index (χ4v) is 2.94. The summed E-state index contributed by atoms with van der Waals surface area (Å²) in [6.07, 6.45) is 0.418. The number of carbonyl (C=O) groups excluding carboxylic acids is 2. The zero-order valence-corrected chi connectivity index (χ0v) is 17.5. The Morgan fingerprint density at radius 2 is 1.71 bits per heavy atom. The standard InChI is InChI=1S/C25H25FN2O3/c1-3-24(29)28-22-13-9-19(10-14-22)17(2)27-25(30)20-5-4-6-23(15-20)31-16-18-7-11-21(26)12-8-18/h4-15,17H,3,16H2,1-2H3,(H,27,30)(H,28,29). The monoisotopic (exact) mass is 420 g/mol. The Bertz CT molecular complexity index is 1030. The summed E-state index contributed by atoms with van der Waals surface area (Å²) in [6.45, 7) is 3.97. The van der Waals surface area contributed by atoms with Crippen molar-refractivity contribution in [2.45, 2.75) is 32.9 Å². The molecule has 0 fully saturated rings. The second kappa shape index (κ2) is 10.4. The number of hydrogen-bond donors (Lipinski definition) is 2. The Morgan fingerprint density at radius 1 is 1.00 bits per heavy atom. The van der Waals surface area contributed by atoms with Crippen molar-refractivity contribution in [3.05, 3.63) is 95.3 Å². The average molecular weight is 420 g/mol. The van der Waals surface area contributed by atoms with E-state index in [1.807, 2.05) is 31.2 Å². The third-order valence-electron chi connectivity index (χ3n) is 4.78. The molecule has 0 spiro atoms. The molecule has 1 unspecified atom stereocenters. The third-order valence-corrected chi connectivity index (χ3v) is 4.78. The highest BCUT2D eigenvalue weighted by Crippen LogP contribution is 2.19. The number of ether oxygens (including phenoxy) is 1. The van der Waals surface area contributed by atoms with Crippen LogP contribution in [-0.4, -0.2) is 11.8 Å². The summed E-state index contributed by atoms with van der Waals surface area (Å²) < 4.78 is 18.7. The molecular formula is C25H25FN2O3. The minimum absolute atomic E-state index is 0.0457. The van der Waals surface area contributed by atoms with Crippen LogP contribution in [-0.2, 0) is 11.4 Å². The number of halogens is 1. The van der Waals surface area contributed by atoms with E-state index in [9.17, 15) is 14.0 Å². The Hall–Kier alpha value is -3.67. The van der Waals surface area contributed by atoms with E-state index >= 15 is 0 Å². The lowest BCUT2D eigenvalue weighted by Gasteiger charge is -2.15. The molecule has 3 aromatic carbocycles. The van der Waals surface area contributed by atoms with Crippen molar-refractivity contribution in [1.29, 1.82) is 0 Å². The van der Waals surface area contributed by atoms with Gasteiger partial charge in [0.2, 0.25) is 5.91 Å². The smallest absolute Gasteiger partial charge is 0.251 e. The summed E-state index contributed by atoms with van der Waals surface area (Å²) in [5, 5.41) is 5.77. The minimum Gasteiger partial charge on any atom is -0.489 e. The molecule has 0 aliphatic heterocycles. The van der Waals surface area contributed by atoms with Gasteiger partial charge in [0.1, 0.15) is 18.2 Å². The van der Waals surface area contributed by atoms with Crippen LogP contribution in [0.4, 0.5) is 10.1 Å². The van der Waals surface area contributed by atoms with E-state index < -0.39 is 0 Å². The topological polar surface area (TPSA) is 67.4 Å². The molecule has 3 rings (SSSR count). The summed E-state index contributed by atoms with van der Waals surface area (Å²) in [7, 11) is 0. The van der Waals surface area contributed by atoms with Gasteiger partial charge in [0.25, 0.3) is 5.91 Å². The van der Waals surface area contributed by atoms with E-state index in [1.54, 1.807) is 43.3 Å². The van der Waals surface area contributed by atoms with Crippen molar-refractivity contribution < 1.29 is 18.7 Å². The molecule has 5 nitrogen and oxygen atoms in total. The second-order valence-corrected chi connectivity index (χ2v) is 7.16. The number of anilines is 1. The number of carbonyl (C=O) groups is 2. The summed E-state index contributed by atoms with van der Waals surface area (Å²) in [5.74, 6) is -0.00346. The van der Waals surface area contributed by atoms with Gasteiger partial charge >= 0.3 is 0 Å². The molecule has 0 saturated heterocycles. The molecule has 2 N–H and O–H groups in total. The number of amides is 2. The number of rotatable bonds is 8. The van der Waals surface area contributed by atoms with Gasteiger partial charge in [0, 0.05) is 17.7 Å². The first-order valence-electron chi connectivity index (χ1n) is 10.1. The van der Waals surface area contributed by atoms with Crippen LogP contribution < -0.4 is 15.4 Å². The molecule has 2 amide bonds. The van der Waals surface area contributed by atoms with Crippen LogP contribution in [0.3, 0.4) is 0 Å². The van der Waals surface area contributed by atoms with Crippen LogP contribution in [0.25, 0.3) is 0 Å². The molecule has 0 heterocycles. The third kappa shape index (κ3) is 6.40. The van der Waals surface area contributed by atoms with Gasteiger partial charge in [-0.15, -0.1) is 0 Å². The quantitative estimate of drug-likeness (QED) is 0.523. The molecule has 0 radical (unpaired) electrons. The van der Waals surface area contributed by atoms with Crippen LogP contribution in [0.15, 0.2) is 72.8 Å². The normalized spacial score (nSPS) is 11.5. The summed E-state index contributed by atoms with van der Waals surface area (Å²) in [4.78, 5) is 24.2. The predicted molar refractivity (Wildman–Crippen MR) is 118 cm³/mol. The second-order valence-electron chi connectivity index (χ2n) is 7.16. The highest BCUT2D eigenvalue weighted by molar-refractivity contribution is 5.95. The van der Waals surface area contributed by atoms with Crippen molar-refractivity contribution in [1.82, 2.24) is 5.32 Å². The van der Waals surface area contributed by atoms with Crippen molar-refractivity contribution in [3.63, 3.8) is 0 Å². The van der Waals surface area contributed by atoms with Gasteiger partial charge in [-0.25, -0.2) is 4.39 Å². The van der Waals surface area contributed by atoms with Crippen LogP contribution >= 0.6 is 0 Å². The Balaban J connectivity index is 1.58. The first-order valence-corrected chi connectivity index (χ1v) is 10.1. The van der Waals surface area contributed by atoms with E-state index in [-0.39, 0.29) is 30.3 Å². The van der Waals surface area contributed by atoms with E-state index in [2.05, 4.69) is 10.6 Å². The van der Waals surface area contributed by atoms with E-state index in [4.69, 9.17) is 4.74 Å². The molecule has 1 atom stereocenters. The van der Waals surface area contributed by atoms with E-state index in [0.29, 0.717) is 17.7 Å². The van der Waals surface area contributed by atoms with Crippen molar-refractivity contribution in [2.24, 2.45) is 0 Å². The van der Waals surface area contributed by atoms with Crippen LogP contribution in [0.5, 0.6) is 5.75 Å². The number of nitrogens with one attached hydrogen (secondary N) is 2. The maximum atomic E-state index is 13.0. The fraction of sp³-hybridized carbons (Fsp3) is 0.200. The van der Waals surface area contributed by atoms with E-state index in [0.717, 1.165) is 16.8 Å². The van der Waals surface area contributed by atoms with Gasteiger partial charge in [-0.05, 0) is 60.5 Å². The Kier molecular flexibility index (Phi) is 7.38. The molecular weight excluding hydrogens is 395 g/mol. The van der Waals surface area contributed by atoms with Gasteiger partial charge in [0.15, 0.2) is 0 Å². The number of hydrogen-bond acceptors (Lipinski definition) is 3. The first-order chi connectivity index (χ1) is 14.9. The largest absolute Gasteiger partial charge is 0.489 e. The molecule has 0 aromatic heterocycles. The molecule has 31 heavy (non-hydrogen) atoms. The van der Waals surface area contributed by atoms with Crippen molar-refractivity contribution in [2.75, 3.05) is 5.32 Å². The molecule has 3 aromatic rings. The lowest BCUT2D eigenvalue weighted by atomic mass is 10.1. The van der Waals surface area contributed by atoms with Crippen molar-refractivity contribution in [3.8, 4) is 5.75 Å². The van der Waals surface area contributed by atoms with Gasteiger partial charge in [0.05, 0.1) is 6.04 Å². The molecule has 0 aliphatic rings. The van der Waals surface area contributed by atoms with Crippen LogP contribution in [0.1, 0.15) is 47.8 Å². The molecule has 160 valence electrons. The van der Waals surface area contributed by atoms with Gasteiger partial charge in [-0.2, -0.15) is 0 Å².